The van der Waals surface area contributed by atoms with E-state index in [0.29, 0.717) is 5.56 Å². The number of rotatable bonds is 2. The van der Waals surface area contributed by atoms with E-state index < -0.39 is 11.6 Å². The third-order valence-electron chi connectivity index (χ3n) is 2.36. The minimum absolute atomic E-state index is 0.0952. The molecule has 0 unspecified atom stereocenters. The highest BCUT2D eigenvalue weighted by Crippen LogP contribution is 2.30. The maximum Gasteiger partial charge on any atom is 0.148 e. The Kier molecular flexibility index (Phi) is 3.49. The van der Waals surface area contributed by atoms with Crippen molar-refractivity contribution in [2.75, 3.05) is 0 Å². The summed E-state index contributed by atoms with van der Waals surface area (Å²) < 4.78 is 27.7. The fourth-order valence-corrected chi connectivity index (χ4v) is 1.86. The Hall–Kier alpha value is -1.33. The summed E-state index contributed by atoms with van der Waals surface area (Å²) in [6, 6.07) is 4.16. The highest BCUT2D eigenvalue weighted by Gasteiger charge is 2.14. The van der Waals surface area contributed by atoms with Crippen LogP contribution in [0.5, 0.6) is 0 Å². The van der Waals surface area contributed by atoms with Gasteiger partial charge in [0.2, 0.25) is 0 Å². The van der Waals surface area contributed by atoms with Gasteiger partial charge in [0.05, 0.1) is 10.0 Å². The number of hydrogen-bond acceptors (Lipinski definition) is 2. The van der Waals surface area contributed by atoms with Gasteiger partial charge in [0.15, 0.2) is 0 Å². The topological polar surface area (TPSA) is 38.9 Å². The average molecular weight is 299 g/mol. The summed E-state index contributed by atoms with van der Waals surface area (Å²) in [6.45, 7) is 0.276. The zero-order valence-electron chi connectivity index (χ0n) is 8.75. The predicted octanol–water partition coefficient (Wildman–Crippen LogP) is 3.25. The van der Waals surface area contributed by atoms with Crippen molar-refractivity contribution in [3.05, 3.63) is 52.3 Å². The van der Waals surface area contributed by atoms with Crippen LogP contribution in [0, 0.1) is 11.6 Å². The van der Waals surface area contributed by atoms with Gasteiger partial charge in [-0.15, -0.1) is 0 Å². The first-order chi connectivity index (χ1) is 8.13. The van der Waals surface area contributed by atoms with Gasteiger partial charge in [-0.1, -0.05) is 0 Å². The molecule has 0 atom stereocenters. The molecule has 0 aliphatic carbocycles. The standard InChI is InChI=1S/C12H9BrF2N2/c13-9-1-2-10(14)11(12(9)15)8-3-7(4-16)5-17-6-8/h1-3,5-6H,4,16H2. The van der Waals surface area contributed by atoms with Crippen LogP contribution in [0.3, 0.4) is 0 Å². The Morgan fingerprint density at radius 2 is 2.00 bits per heavy atom. The molecular weight excluding hydrogens is 290 g/mol. The van der Waals surface area contributed by atoms with Gasteiger partial charge in [0.1, 0.15) is 11.6 Å². The van der Waals surface area contributed by atoms with E-state index >= 15 is 0 Å². The summed E-state index contributed by atoms with van der Waals surface area (Å²) in [6.07, 6.45) is 2.98. The number of nitrogens with two attached hydrogens (primary N) is 1. The molecule has 0 aliphatic heterocycles. The van der Waals surface area contributed by atoms with Crippen molar-refractivity contribution in [2.24, 2.45) is 5.73 Å². The molecule has 2 N–H and O–H groups in total. The van der Waals surface area contributed by atoms with Gasteiger partial charge >= 0.3 is 0 Å². The Morgan fingerprint density at radius 1 is 1.24 bits per heavy atom. The molecule has 1 heterocycles. The third kappa shape index (κ3) is 2.35. The van der Waals surface area contributed by atoms with Gasteiger partial charge in [0.25, 0.3) is 0 Å². The van der Waals surface area contributed by atoms with E-state index in [4.69, 9.17) is 5.73 Å². The van der Waals surface area contributed by atoms with E-state index in [-0.39, 0.29) is 16.6 Å². The first-order valence-electron chi connectivity index (χ1n) is 4.91. The lowest BCUT2D eigenvalue weighted by molar-refractivity contribution is 0.585. The quantitative estimate of drug-likeness (QED) is 0.865. The molecule has 0 saturated heterocycles. The van der Waals surface area contributed by atoms with Crippen LogP contribution in [0.25, 0.3) is 11.1 Å². The van der Waals surface area contributed by atoms with Gasteiger partial charge < -0.3 is 5.73 Å². The average Bonchev–Trinajstić information content (AvgIpc) is 2.35. The minimum atomic E-state index is -0.638. The highest BCUT2D eigenvalue weighted by molar-refractivity contribution is 9.10. The van der Waals surface area contributed by atoms with Crippen molar-refractivity contribution in [1.82, 2.24) is 4.98 Å². The molecule has 88 valence electrons. The molecule has 5 heteroatoms. The van der Waals surface area contributed by atoms with Gasteiger partial charge in [-0.25, -0.2) is 8.78 Å². The molecular formula is C12H9BrF2N2. The molecule has 2 aromatic rings. The van der Waals surface area contributed by atoms with Gasteiger partial charge in [-0.2, -0.15) is 0 Å². The lowest BCUT2D eigenvalue weighted by Crippen LogP contribution is -1.98. The van der Waals surface area contributed by atoms with Gasteiger partial charge in [-0.3, -0.25) is 4.98 Å². The van der Waals surface area contributed by atoms with Crippen molar-refractivity contribution >= 4 is 15.9 Å². The van der Waals surface area contributed by atoms with E-state index in [9.17, 15) is 8.78 Å². The summed E-state index contributed by atoms with van der Waals surface area (Å²) in [4.78, 5) is 3.92. The second-order valence-corrected chi connectivity index (χ2v) is 4.36. The van der Waals surface area contributed by atoms with Crippen molar-refractivity contribution < 1.29 is 8.78 Å². The zero-order valence-corrected chi connectivity index (χ0v) is 10.3. The van der Waals surface area contributed by atoms with E-state index in [1.54, 1.807) is 12.3 Å². The Morgan fingerprint density at radius 3 is 2.71 bits per heavy atom. The first-order valence-corrected chi connectivity index (χ1v) is 5.70. The maximum atomic E-state index is 13.8. The Bertz CT molecular complexity index is 558. The van der Waals surface area contributed by atoms with Crippen LogP contribution in [-0.4, -0.2) is 4.98 Å². The number of hydrogen-bond donors (Lipinski definition) is 1. The third-order valence-corrected chi connectivity index (χ3v) is 2.98. The molecule has 1 aromatic heterocycles. The van der Waals surface area contributed by atoms with Crippen LogP contribution in [0.2, 0.25) is 0 Å². The summed E-state index contributed by atoms with van der Waals surface area (Å²) in [5.41, 5.74) is 6.47. The molecule has 0 aliphatic rings. The Balaban J connectivity index is 2.63. The zero-order chi connectivity index (χ0) is 12.4. The fraction of sp³-hybridized carbons (Fsp3) is 0.0833. The summed E-state index contributed by atoms with van der Waals surface area (Å²) >= 11 is 3.03. The smallest absolute Gasteiger partial charge is 0.148 e. The molecule has 0 amide bonds. The minimum Gasteiger partial charge on any atom is -0.326 e. The number of pyridine rings is 1. The lowest BCUT2D eigenvalue weighted by Gasteiger charge is -2.07. The van der Waals surface area contributed by atoms with Crippen LogP contribution in [0.15, 0.2) is 35.1 Å². The molecule has 17 heavy (non-hydrogen) atoms. The summed E-state index contributed by atoms with van der Waals surface area (Å²) in [7, 11) is 0. The van der Waals surface area contributed by atoms with Crippen LogP contribution < -0.4 is 5.73 Å². The summed E-state index contributed by atoms with van der Waals surface area (Å²) in [5.74, 6) is -1.26. The van der Waals surface area contributed by atoms with Crippen molar-refractivity contribution in [3.63, 3.8) is 0 Å². The number of nitrogens with zero attached hydrogens (tertiary/aromatic N) is 1. The molecule has 0 radical (unpaired) electrons. The largest absolute Gasteiger partial charge is 0.326 e. The molecule has 0 saturated carbocycles. The second kappa shape index (κ2) is 4.89. The van der Waals surface area contributed by atoms with E-state index in [0.717, 1.165) is 5.56 Å². The number of halogens is 3. The van der Waals surface area contributed by atoms with Crippen LogP contribution in [0.4, 0.5) is 8.78 Å². The number of benzene rings is 1. The Labute approximate surface area is 106 Å². The van der Waals surface area contributed by atoms with Crippen molar-refractivity contribution in [2.45, 2.75) is 6.54 Å². The van der Waals surface area contributed by atoms with E-state index in [1.807, 2.05) is 0 Å². The van der Waals surface area contributed by atoms with Gasteiger partial charge in [0, 0.05) is 24.5 Å². The summed E-state index contributed by atoms with van der Waals surface area (Å²) in [5, 5.41) is 0. The van der Waals surface area contributed by atoms with Crippen LogP contribution >= 0.6 is 15.9 Å². The van der Waals surface area contributed by atoms with E-state index in [1.165, 1.54) is 18.3 Å². The monoisotopic (exact) mass is 298 g/mol. The van der Waals surface area contributed by atoms with Crippen LogP contribution in [0.1, 0.15) is 5.56 Å². The number of aromatic nitrogens is 1. The SMILES string of the molecule is NCc1cncc(-c2c(F)ccc(Br)c2F)c1. The predicted molar refractivity (Wildman–Crippen MR) is 65.2 cm³/mol. The highest BCUT2D eigenvalue weighted by atomic mass is 79.9. The lowest BCUT2D eigenvalue weighted by atomic mass is 10.0. The van der Waals surface area contributed by atoms with Crippen LogP contribution in [-0.2, 0) is 6.54 Å². The van der Waals surface area contributed by atoms with Crippen molar-refractivity contribution in [1.29, 1.82) is 0 Å². The van der Waals surface area contributed by atoms with E-state index in [2.05, 4.69) is 20.9 Å². The maximum absolute atomic E-state index is 13.8. The normalized spacial score (nSPS) is 10.6. The fourth-order valence-electron chi connectivity index (χ4n) is 1.53. The molecule has 0 bridgehead atoms. The molecule has 0 fully saturated rings. The second-order valence-electron chi connectivity index (χ2n) is 3.50. The molecule has 2 rings (SSSR count). The van der Waals surface area contributed by atoms with Gasteiger partial charge in [-0.05, 0) is 39.7 Å². The van der Waals surface area contributed by atoms with Crippen molar-refractivity contribution in [3.8, 4) is 11.1 Å². The molecule has 2 nitrogen and oxygen atoms in total. The molecule has 1 aromatic carbocycles. The first kappa shape index (κ1) is 12.1. The molecule has 0 spiro atoms.